The molecule has 28 heavy (non-hydrogen) atoms. The van der Waals surface area contributed by atoms with Crippen molar-refractivity contribution in [3.63, 3.8) is 0 Å². The van der Waals surface area contributed by atoms with Crippen LogP contribution in [0, 0.1) is 3.57 Å². The van der Waals surface area contributed by atoms with Crippen molar-refractivity contribution in [1.29, 1.82) is 0 Å². The number of carbonyl (C=O) groups excluding carboxylic acids is 1. The second kappa shape index (κ2) is 7.95. The summed E-state index contributed by atoms with van der Waals surface area (Å²) < 4.78 is 13.9. The Morgan fingerprint density at radius 2 is 2.32 bits per heavy atom. The molecular formula is C19H24ClIN4O3. The van der Waals surface area contributed by atoms with E-state index < -0.39 is 0 Å². The van der Waals surface area contributed by atoms with Gasteiger partial charge in [-0.3, -0.25) is 4.79 Å². The van der Waals surface area contributed by atoms with E-state index in [1.807, 2.05) is 4.52 Å². The van der Waals surface area contributed by atoms with E-state index in [4.69, 9.17) is 26.2 Å². The predicted molar refractivity (Wildman–Crippen MR) is 115 cm³/mol. The summed E-state index contributed by atoms with van der Waals surface area (Å²) in [5.41, 5.74) is 2.16. The fourth-order valence-corrected chi connectivity index (χ4v) is 5.53. The highest BCUT2D eigenvalue weighted by Crippen LogP contribution is 2.49. The van der Waals surface area contributed by atoms with Crippen LogP contribution in [0.3, 0.4) is 0 Å². The van der Waals surface area contributed by atoms with Crippen LogP contribution in [0.5, 0.6) is 0 Å². The zero-order valence-electron chi connectivity index (χ0n) is 16.0. The topological polar surface area (TPSA) is 77.8 Å². The maximum atomic E-state index is 11.4. The molecule has 1 saturated heterocycles. The molecule has 0 bridgehead atoms. The Labute approximate surface area is 182 Å². The summed E-state index contributed by atoms with van der Waals surface area (Å²) >= 11 is 8.95. The van der Waals surface area contributed by atoms with E-state index in [-0.39, 0.29) is 23.5 Å². The van der Waals surface area contributed by atoms with Crippen molar-refractivity contribution >= 4 is 51.6 Å². The molecule has 1 aliphatic carbocycles. The minimum atomic E-state index is -0.355. The molecule has 2 unspecified atom stereocenters. The van der Waals surface area contributed by atoms with Crippen molar-refractivity contribution < 1.29 is 14.3 Å². The minimum absolute atomic E-state index is 0.0903. The molecule has 0 aromatic carbocycles. The molecule has 2 fully saturated rings. The van der Waals surface area contributed by atoms with Crippen molar-refractivity contribution in [2.24, 2.45) is 0 Å². The average Bonchev–Trinajstić information content (AvgIpc) is 2.88. The smallest absolute Gasteiger partial charge is 0.303 e. The van der Waals surface area contributed by atoms with Gasteiger partial charge in [-0.25, -0.2) is 9.50 Å². The molecule has 0 amide bonds. The zero-order chi connectivity index (χ0) is 19.9. The van der Waals surface area contributed by atoms with Crippen LogP contribution >= 0.6 is 34.2 Å². The van der Waals surface area contributed by atoms with E-state index in [2.05, 4.69) is 39.8 Å². The minimum Gasteiger partial charge on any atom is -0.458 e. The first-order valence-corrected chi connectivity index (χ1v) is 11.2. The number of hydrogen-bond acceptors (Lipinski definition) is 6. The lowest BCUT2D eigenvalue weighted by Crippen LogP contribution is -2.45. The van der Waals surface area contributed by atoms with Crippen LogP contribution in [-0.2, 0) is 19.7 Å². The Hall–Kier alpha value is -1.13. The normalized spacial score (nSPS) is 24.0. The summed E-state index contributed by atoms with van der Waals surface area (Å²) in [6.07, 6.45) is 6.74. The van der Waals surface area contributed by atoms with Crippen LogP contribution in [0.2, 0.25) is 5.02 Å². The maximum Gasteiger partial charge on any atom is 0.303 e. The molecule has 3 heterocycles. The molecule has 1 N–H and O–H groups in total. The number of rotatable bonds is 5. The first-order valence-electron chi connectivity index (χ1n) is 9.70. The summed E-state index contributed by atoms with van der Waals surface area (Å²) in [6, 6.07) is -0.0903. The van der Waals surface area contributed by atoms with Crippen LogP contribution in [0.25, 0.3) is 5.52 Å². The van der Waals surface area contributed by atoms with E-state index in [0.717, 1.165) is 34.8 Å². The standard InChI is InChI=1S/C19H24ClIN4O3/c1-3-19(6-4-7-19)17-16(21)15(20)13-9-22-18(24-25(13)17)23-12-5-8-27-10-14(12)28-11(2)26/h9,12,14H,3-8,10H2,1-2H3,(H,23,24). The molecule has 9 heteroatoms. The Morgan fingerprint density at radius 1 is 1.54 bits per heavy atom. The zero-order valence-corrected chi connectivity index (χ0v) is 18.9. The van der Waals surface area contributed by atoms with Crippen molar-refractivity contribution in [2.75, 3.05) is 18.5 Å². The summed E-state index contributed by atoms with van der Waals surface area (Å²) in [4.78, 5) is 15.9. The molecular weight excluding hydrogens is 495 g/mol. The number of carbonyl (C=O) groups is 1. The van der Waals surface area contributed by atoms with Gasteiger partial charge in [0.1, 0.15) is 11.6 Å². The van der Waals surface area contributed by atoms with Crippen LogP contribution < -0.4 is 5.32 Å². The summed E-state index contributed by atoms with van der Waals surface area (Å²) in [6.45, 7) is 4.62. The molecule has 0 spiro atoms. The Bertz CT molecular complexity index is 893. The number of ether oxygens (including phenoxy) is 2. The van der Waals surface area contributed by atoms with Crippen molar-refractivity contribution in [2.45, 2.75) is 63.5 Å². The van der Waals surface area contributed by atoms with E-state index in [0.29, 0.717) is 24.2 Å². The molecule has 2 atom stereocenters. The van der Waals surface area contributed by atoms with E-state index in [1.165, 1.54) is 19.0 Å². The average molecular weight is 519 g/mol. The van der Waals surface area contributed by atoms with Crippen molar-refractivity contribution in [3.05, 3.63) is 20.5 Å². The molecule has 1 saturated carbocycles. The highest BCUT2D eigenvalue weighted by Gasteiger charge is 2.42. The first kappa shape index (κ1) is 20.2. The Kier molecular flexibility index (Phi) is 5.72. The second-order valence-electron chi connectivity index (χ2n) is 7.61. The molecule has 1 aliphatic heterocycles. The monoisotopic (exact) mass is 518 g/mol. The molecule has 152 valence electrons. The maximum absolute atomic E-state index is 11.4. The molecule has 4 rings (SSSR count). The number of nitrogens with one attached hydrogen (secondary N) is 1. The van der Waals surface area contributed by atoms with Gasteiger partial charge in [-0.05, 0) is 48.3 Å². The number of aromatic nitrogens is 3. The van der Waals surface area contributed by atoms with E-state index >= 15 is 0 Å². The second-order valence-corrected chi connectivity index (χ2v) is 9.06. The highest BCUT2D eigenvalue weighted by atomic mass is 127. The quantitative estimate of drug-likeness (QED) is 0.477. The third-order valence-corrected chi connectivity index (χ3v) is 7.75. The Balaban J connectivity index is 1.68. The number of halogens is 2. The number of esters is 1. The van der Waals surface area contributed by atoms with Crippen LogP contribution in [0.4, 0.5) is 5.95 Å². The number of hydrogen-bond donors (Lipinski definition) is 1. The van der Waals surface area contributed by atoms with Crippen LogP contribution in [0.1, 0.15) is 51.6 Å². The lowest BCUT2D eigenvalue weighted by Gasteiger charge is -2.41. The van der Waals surface area contributed by atoms with Crippen molar-refractivity contribution in [1.82, 2.24) is 14.6 Å². The van der Waals surface area contributed by atoms with Crippen LogP contribution in [-0.4, -0.2) is 45.9 Å². The van der Waals surface area contributed by atoms with Crippen molar-refractivity contribution in [3.8, 4) is 0 Å². The van der Waals surface area contributed by atoms with Gasteiger partial charge >= 0.3 is 5.97 Å². The van der Waals surface area contributed by atoms with Crippen LogP contribution in [0.15, 0.2) is 6.20 Å². The molecule has 7 nitrogen and oxygen atoms in total. The lowest BCUT2D eigenvalue weighted by atomic mass is 9.65. The summed E-state index contributed by atoms with van der Waals surface area (Å²) in [7, 11) is 0. The van der Waals surface area contributed by atoms with Gasteiger partial charge in [0.15, 0.2) is 0 Å². The highest BCUT2D eigenvalue weighted by molar-refractivity contribution is 14.1. The number of fused-ring (bicyclic) bond motifs is 1. The largest absolute Gasteiger partial charge is 0.458 e. The fourth-order valence-electron chi connectivity index (χ4n) is 4.24. The van der Waals surface area contributed by atoms with Gasteiger partial charge < -0.3 is 14.8 Å². The first-order chi connectivity index (χ1) is 13.4. The van der Waals surface area contributed by atoms with Gasteiger partial charge in [0.2, 0.25) is 5.95 Å². The molecule has 2 aromatic heterocycles. The number of nitrogens with zero attached hydrogens (tertiary/aromatic N) is 3. The van der Waals surface area contributed by atoms with Gasteiger partial charge in [-0.1, -0.05) is 24.9 Å². The third-order valence-electron chi connectivity index (χ3n) is 6.00. The van der Waals surface area contributed by atoms with Gasteiger partial charge in [-0.15, -0.1) is 5.10 Å². The predicted octanol–water partition coefficient (Wildman–Crippen LogP) is 3.95. The van der Waals surface area contributed by atoms with Gasteiger partial charge in [0.05, 0.1) is 33.1 Å². The third kappa shape index (κ3) is 3.47. The number of anilines is 1. The fraction of sp³-hybridized carbons (Fsp3) is 0.632. The SMILES string of the molecule is CCC1(c2c(I)c(Cl)c3cnc(NC4CCOCC4OC(C)=O)nn23)CCC1. The molecule has 2 aliphatic rings. The van der Waals surface area contributed by atoms with E-state index in [9.17, 15) is 4.79 Å². The summed E-state index contributed by atoms with van der Waals surface area (Å²) in [5.74, 6) is 0.189. The van der Waals surface area contributed by atoms with Gasteiger partial charge in [0.25, 0.3) is 0 Å². The molecule has 0 radical (unpaired) electrons. The Morgan fingerprint density at radius 3 is 2.96 bits per heavy atom. The summed E-state index contributed by atoms with van der Waals surface area (Å²) in [5, 5.41) is 8.84. The lowest BCUT2D eigenvalue weighted by molar-refractivity contribution is -0.153. The van der Waals surface area contributed by atoms with Gasteiger partial charge in [-0.2, -0.15) is 0 Å². The molecule has 2 aromatic rings. The van der Waals surface area contributed by atoms with E-state index in [1.54, 1.807) is 6.20 Å². The van der Waals surface area contributed by atoms with Gasteiger partial charge in [0, 0.05) is 18.9 Å².